The smallest absolute Gasteiger partial charge is 0.243 e. The minimum atomic E-state index is -0.0594. The van der Waals surface area contributed by atoms with Gasteiger partial charge in [-0.25, -0.2) is 9.98 Å². The molecule has 1 aliphatic rings. The van der Waals surface area contributed by atoms with Crippen LogP contribution < -0.4 is 16.0 Å². The van der Waals surface area contributed by atoms with Gasteiger partial charge in [0.1, 0.15) is 11.5 Å². The minimum absolute atomic E-state index is 0.0167. The van der Waals surface area contributed by atoms with E-state index >= 15 is 0 Å². The van der Waals surface area contributed by atoms with Crippen molar-refractivity contribution in [1.82, 2.24) is 25.5 Å². The number of aliphatic imine (C=N–C) groups is 2. The van der Waals surface area contributed by atoms with Crippen LogP contribution in [-0.4, -0.2) is 78.9 Å². The molecule has 0 atom stereocenters. The quantitative estimate of drug-likeness (QED) is 0.195. The van der Waals surface area contributed by atoms with Crippen molar-refractivity contribution in [2.45, 2.75) is 44.2 Å². The summed E-state index contributed by atoms with van der Waals surface area (Å²) in [6.45, 7) is 4.44. The first-order valence-corrected chi connectivity index (χ1v) is 14.2. The Hall–Kier alpha value is -4.57. The Morgan fingerprint density at radius 2 is 1.88 bits per heavy atom. The van der Waals surface area contributed by atoms with E-state index in [4.69, 9.17) is 0 Å². The van der Waals surface area contributed by atoms with Gasteiger partial charge >= 0.3 is 0 Å². The molecule has 42 heavy (non-hydrogen) atoms. The van der Waals surface area contributed by atoms with Crippen LogP contribution in [0.15, 0.2) is 82.8 Å². The summed E-state index contributed by atoms with van der Waals surface area (Å²) in [5, 5.41) is 10.5. The number of aromatic nitrogens is 2. The van der Waals surface area contributed by atoms with Crippen molar-refractivity contribution in [1.29, 1.82) is 0 Å². The first-order chi connectivity index (χ1) is 20.3. The molecule has 3 aromatic rings. The van der Waals surface area contributed by atoms with Crippen LogP contribution in [0, 0.1) is 0 Å². The lowest BCUT2D eigenvalue weighted by atomic mass is 9.91. The van der Waals surface area contributed by atoms with Crippen LogP contribution in [0.1, 0.15) is 36.8 Å². The number of benzene rings is 1. The second-order valence-corrected chi connectivity index (χ2v) is 10.7. The highest BCUT2D eigenvalue weighted by molar-refractivity contribution is 6.10. The number of amides is 2. The molecule has 0 unspecified atom stereocenters. The standard InChI is InChI=1S/C32H40N8O2/c1-33-28(24-19-23-14-15-35-32(23)36-21-24)20-29(34-2)37-27-8-5-7-22(17-27)18-31(42)39-26-12-10-25(11-13-26)38-30(41)9-6-16-40(3)4/h5-9,14-15,17,19-21,25-26,37H,2,10-13,16,18H2,1,3-4H3,(H,35,36)(H,38,41)(H,39,42)/b9-6+,29-20+,33-28?. The highest BCUT2D eigenvalue weighted by Crippen LogP contribution is 2.20. The van der Waals surface area contributed by atoms with Crippen molar-refractivity contribution >= 4 is 41.0 Å². The summed E-state index contributed by atoms with van der Waals surface area (Å²) in [4.78, 5) is 43.1. The van der Waals surface area contributed by atoms with E-state index in [-0.39, 0.29) is 30.3 Å². The summed E-state index contributed by atoms with van der Waals surface area (Å²) in [5.74, 6) is 0.455. The second kappa shape index (κ2) is 14.9. The molecule has 0 saturated heterocycles. The molecule has 1 fully saturated rings. The number of carbonyl (C=O) groups excluding carboxylic acids is 2. The molecule has 0 bridgehead atoms. The second-order valence-electron chi connectivity index (χ2n) is 10.7. The Labute approximate surface area is 247 Å². The topological polar surface area (TPSA) is 127 Å². The Balaban J connectivity index is 1.28. The number of nitrogens with one attached hydrogen (secondary N) is 4. The molecule has 0 aliphatic heterocycles. The molecule has 2 heterocycles. The van der Waals surface area contributed by atoms with Crippen molar-refractivity contribution in [3.63, 3.8) is 0 Å². The van der Waals surface area contributed by atoms with E-state index < -0.39 is 0 Å². The summed E-state index contributed by atoms with van der Waals surface area (Å²) in [6.07, 6.45) is 12.5. The summed E-state index contributed by atoms with van der Waals surface area (Å²) < 4.78 is 0. The van der Waals surface area contributed by atoms with Gasteiger partial charge in [0.05, 0.1) is 12.1 Å². The zero-order valence-corrected chi connectivity index (χ0v) is 24.6. The van der Waals surface area contributed by atoms with E-state index in [2.05, 4.69) is 42.6 Å². The zero-order valence-electron chi connectivity index (χ0n) is 24.6. The fourth-order valence-electron chi connectivity index (χ4n) is 4.98. The van der Waals surface area contributed by atoms with Crippen LogP contribution >= 0.6 is 0 Å². The molecule has 0 radical (unpaired) electrons. The third kappa shape index (κ3) is 8.97. The molecular formula is C32H40N8O2. The number of rotatable bonds is 12. The van der Waals surface area contributed by atoms with Crippen LogP contribution in [0.25, 0.3) is 11.0 Å². The van der Waals surface area contributed by atoms with Gasteiger partial charge in [-0.15, -0.1) is 0 Å². The molecule has 1 aromatic carbocycles. The summed E-state index contributed by atoms with van der Waals surface area (Å²) in [5.41, 5.74) is 4.08. The number of likely N-dealkylation sites (N-methyl/N-ethyl adjacent to an activating group) is 1. The first-order valence-electron chi connectivity index (χ1n) is 14.2. The number of allylic oxidation sites excluding steroid dienone is 1. The fraction of sp³-hybridized carbons (Fsp3) is 0.344. The monoisotopic (exact) mass is 568 g/mol. The van der Waals surface area contributed by atoms with Crippen molar-refractivity contribution in [2.24, 2.45) is 9.98 Å². The van der Waals surface area contributed by atoms with Gasteiger partial charge in [-0.3, -0.25) is 14.6 Å². The summed E-state index contributed by atoms with van der Waals surface area (Å²) >= 11 is 0. The zero-order chi connectivity index (χ0) is 29.9. The van der Waals surface area contributed by atoms with Crippen LogP contribution in [0.3, 0.4) is 0 Å². The Bertz CT molecular complexity index is 1480. The minimum Gasteiger partial charge on any atom is -0.353 e. The molecule has 2 amide bonds. The van der Waals surface area contributed by atoms with E-state index in [0.29, 0.717) is 11.5 Å². The van der Waals surface area contributed by atoms with Crippen LogP contribution in [0.2, 0.25) is 0 Å². The van der Waals surface area contributed by atoms with Gasteiger partial charge in [-0.1, -0.05) is 18.2 Å². The van der Waals surface area contributed by atoms with E-state index in [1.54, 1.807) is 19.3 Å². The van der Waals surface area contributed by atoms with E-state index in [0.717, 1.165) is 60.1 Å². The van der Waals surface area contributed by atoms with Crippen molar-refractivity contribution in [3.05, 3.63) is 84.0 Å². The number of carbonyl (C=O) groups is 2. The number of fused-ring (bicyclic) bond motifs is 1. The molecule has 10 heteroatoms. The molecule has 2 aromatic heterocycles. The molecular weight excluding hydrogens is 528 g/mol. The van der Waals surface area contributed by atoms with Crippen LogP contribution in [0.4, 0.5) is 5.69 Å². The number of hydrogen-bond donors (Lipinski definition) is 4. The van der Waals surface area contributed by atoms with E-state index in [1.807, 2.05) is 73.7 Å². The molecule has 4 rings (SSSR count). The van der Waals surface area contributed by atoms with Gasteiger partial charge in [0.25, 0.3) is 0 Å². The average Bonchev–Trinajstić information content (AvgIpc) is 3.44. The lowest BCUT2D eigenvalue weighted by molar-refractivity contribution is -0.121. The lowest BCUT2D eigenvalue weighted by Crippen LogP contribution is -2.43. The van der Waals surface area contributed by atoms with Crippen molar-refractivity contribution in [2.75, 3.05) is 33.0 Å². The highest BCUT2D eigenvalue weighted by atomic mass is 16.2. The fourth-order valence-corrected chi connectivity index (χ4v) is 4.98. The Kier molecular flexibility index (Phi) is 10.8. The Morgan fingerprint density at radius 3 is 2.60 bits per heavy atom. The third-order valence-electron chi connectivity index (χ3n) is 7.12. The average molecular weight is 569 g/mol. The first kappa shape index (κ1) is 30.4. The van der Waals surface area contributed by atoms with E-state index in [9.17, 15) is 9.59 Å². The predicted molar refractivity (Wildman–Crippen MR) is 170 cm³/mol. The van der Waals surface area contributed by atoms with Gasteiger partial charge < -0.3 is 25.8 Å². The SMILES string of the molecule is C=N/C(=C\C(=NC)c1cnc2[nH]ccc2c1)Nc1cccc(CC(=O)NC2CCC(NC(=O)/C=C/CN(C)C)CC2)c1. The van der Waals surface area contributed by atoms with Crippen LogP contribution in [-0.2, 0) is 16.0 Å². The van der Waals surface area contributed by atoms with Gasteiger partial charge in [0.2, 0.25) is 11.8 Å². The van der Waals surface area contributed by atoms with Gasteiger partial charge in [0.15, 0.2) is 0 Å². The maximum absolute atomic E-state index is 12.8. The van der Waals surface area contributed by atoms with Crippen molar-refractivity contribution < 1.29 is 9.59 Å². The molecule has 220 valence electrons. The number of pyridine rings is 1. The highest BCUT2D eigenvalue weighted by Gasteiger charge is 2.23. The lowest BCUT2D eigenvalue weighted by Gasteiger charge is -2.29. The largest absolute Gasteiger partial charge is 0.353 e. The molecule has 0 spiro atoms. The normalized spacial score (nSPS) is 17.9. The summed E-state index contributed by atoms with van der Waals surface area (Å²) in [7, 11) is 5.65. The van der Waals surface area contributed by atoms with Gasteiger partial charge in [-0.05, 0) is 76.3 Å². The number of H-pyrrole nitrogens is 1. The number of aromatic amines is 1. The predicted octanol–water partition coefficient (Wildman–Crippen LogP) is 3.84. The third-order valence-corrected chi connectivity index (χ3v) is 7.12. The maximum Gasteiger partial charge on any atom is 0.243 e. The van der Waals surface area contributed by atoms with Gasteiger partial charge in [0, 0.05) is 66.9 Å². The van der Waals surface area contributed by atoms with Crippen molar-refractivity contribution in [3.8, 4) is 0 Å². The number of anilines is 1. The molecule has 1 aliphatic carbocycles. The summed E-state index contributed by atoms with van der Waals surface area (Å²) in [6, 6.07) is 11.9. The molecule has 1 saturated carbocycles. The van der Waals surface area contributed by atoms with E-state index in [1.165, 1.54) is 0 Å². The maximum atomic E-state index is 12.8. The Morgan fingerprint density at radius 1 is 1.12 bits per heavy atom. The van der Waals surface area contributed by atoms with Crippen LogP contribution in [0.5, 0.6) is 0 Å². The molecule has 4 N–H and O–H groups in total. The number of hydrogen-bond acceptors (Lipinski definition) is 7. The number of nitrogens with zero attached hydrogens (tertiary/aromatic N) is 4. The van der Waals surface area contributed by atoms with Gasteiger partial charge in [-0.2, -0.15) is 0 Å². The molecule has 10 nitrogen and oxygen atoms in total.